The molecule has 134 valence electrons. The second-order valence-corrected chi connectivity index (χ2v) is 7.90. The zero-order valence-electron chi connectivity index (χ0n) is 15.2. The van der Waals surface area contributed by atoms with E-state index in [2.05, 4.69) is 46.4 Å². The number of hydrogen-bond donors (Lipinski definition) is 2. The molecule has 1 aliphatic carbocycles. The summed E-state index contributed by atoms with van der Waals surface area (Å²) in [5, 5.41) is 4.45. The number of H-pyrrole nitrogens is 1. The van der Waals surface area contributed by atoms with Gasteiger partial charge in [0.25, 0.3) is 0 Å². The topological polar surface area (TPSA) is 48.1 Å². The third-order valence-electron chi connectivity index (χ3n) is 5.78. The van der Waals surface area contributed by atoms with Crippen LogP contribution in [0.15, 0.2) is 24.3 Å². The number of para-hydroxylation sites is 1. The van der Waals surface area contributed by atoms with Gasteiger partial charge in [-0.3, -0.25) is 9.69 Å². The first-order valence-electron chi connectivity index (χ1n) is 9.77. The fourth-order valence-corrected chi connectivity index (χ4v) is 4.11. The van der Waals surface area contributed by atoms with Gasteiger partial charge in [0, 0.05) is 42.1 Å². The maximum absolute atomic E-state index is 11.9. The molecule has 1 atom stereocenters. The van der Waals surface area contributed by atoms with Crippen molar-refractivity contribution in [3.63, 3.8) is 0 Å². The van der Waals surface area contributed by atoms with Gasteiger partial charge in [-0.1, -0.05) is 18.2 Å². The van der Waals surface area contributed by atoms with Crippen LogP contribution < -0.4 is 5.32 Å². The van der Waals surface area contributed by atoms with Crippen molar-refractivity contribution >= 4 is 16.8 Å². The summed E-state index contributed by atoms with van der Waals surface area (Å²) in [6, 6.07) is 9.04. The first kappa shape index (κ1) is 16.6. The van der Waals surface area contributed by atoms with Gasteiger partial charge in [0.05, 0.1) is 0 Å². The van der Waals surface area contributed by atoms with Crippen molar-refractivity contribution in [1.29, 1.82) is 0 Å². The number of likely N-dealkylation sites (tertiary alicyclic amines) is 1. The molecule has 1 aromatic heterocycles. The number of benzene rings is 1. The fraction of sp³-hybridized carbons (Fsp3) is 0.571. The first-order chi connectivity index (χ1) is 12.2. The summed E-state index contributed by atoms with van der Waals surface area (Å²) in [5.41, 5.74) is 3.95. The second kappa shape index (κ2) is 7.20. The molecule has 4 rings (SSSR count). The van der Waals surface area contributed by atoms with Crippen molar-refractivity contribution in [2.45, 2.75) is 58.0 Å². The molecule has 4 heteroatoms. The number of aromatic nitrogens is 1. The number of aryl methyl sites for hydroxylation is 1. The quantitative estimate of drug-likeness (QED) is 0.842. The minimum atomic E-state index is 0.256. The SMILES string of the molecule is Cc1c(CN2CCCC(CCC(=O)NC3CC3)C2)[nH]c2ccccc12. The van der Waals surface area contributed by atoms with Gasteiger partial charge in [0.15, 0.2) is 0 Å². The molecule has 1 saturated carbocycles. The normalized spacial score (nSPS) is 21.6. The van der Waals surface area contributed by atoms with Gasteiger partial charge >= 0.3 is 0 Å². The molecule has 2 fully saturated rings. The molecule has 1 aliphatic heterocycles. The number of rotatable bonds is 6. The molecule has 0 bridgehead atoms. The van der Waals surface area contributed by atoms with Gasteiger partial charge < -0.3 is 10.3 Å². The van der Waals surface area contributed by atoms with Crippen molar-refractivity contribution < 1.29 is 4.79 Å². The first-order valence-corrected chi connectivity index (χ1v) is 9.77. The fourth-order valence-electron chi connectivity index (χ4n) is 4.11. The summed E-state index contributed by atoms with van der Waals surface area (Å²) >= 11 is 0. The highest BCUT2D eigenvalue weighted by Gasteiger charge is 2.25. The molecular weight excluding hydrogens is 310 g/mol. The lowest BCUT2D eigenvalue weighted by molar-refractivity contribution is -0.121. The van der Waals surface area contributed by atoms with Gasteiger partial charge in [-0.2, -0.15) is 0 Å². The van der Waals surface area contributed by atoms with Crippen LogP contribution in [-0.2, 0) is 11.3 Å². The maximum atomic E-state index is 11.9. The lowest BCUT2D eigenvalue weighted by Gasteiger charge is -2.32. The Balaban J connectivity index is 1.32. The lowest BCUT2D eigenvalue weighted by Crippen LogP contribution is -2.36. The Labute approximate surface area is 150 Å². The van der Waals surface area contributed by atoms with Crippen LogP contribution in [0.25, 0.3) is 10.9 Å². The van der Waals surface area contributed by atoms with Gasteiger partial charge in [0.1, 0.15) is 0 Å². The van der Waals surface area contributed by atoms with Crippen LogP contribution in [-0.4, -0.2) is 34.9 Å². The smallest absolute Gasteiger partial charge is 0.220 e. The van der Waals surface area contributed by atoms with Gasteiger partial charge in [-0.25, -0.2) is 0 Å². The van der Waals surface area contributed by atoms with Crippen LogP contribution in [0.5, 0.6) is 0 Å². The molecular formula is C21H29N3O. The van der Waals surface area contributed by atoms with E-state index in [4.69, 9.17) is 0 Å². The molecule has 2 N–H and O–H groups in total. The van der Waals surface area contributed by atoms with Crippen molar-refractivity contribution in [2.75, 3.05) is 13.1 Å². The number of piperidine rings is 1. The van der Waals surface area contributed by atoms with E-state index < -0.39 is 0 Å². The molecule has 1 aromatic carbocycles. The molecule has 0 spiro atoms. The Kier molecular flexibility index (Phi) is 4.80. The molecule has 2 aromatic rings. The van der Waals surface area contributed by atoms with Crippen molar-refractivity contribution in [2.24, 2.45) is 5.92 Å². The van der Waals surface area contributed by atoms with E-state index in [1.54, 1.807) is 0 Å². The Bertz CT molecular complexity index is 747. The number of aromatic amines is 1. The average molecular weight is 339 g/mol. The van der Waals surface area contributed by atoms with Crippen LogP contribution in [0.3, 0.4) is 0 Å². The number of fused-ring (bicyclic) bond motifs is 1. The van der Waals surface area contributed by atoms with Gasteiger partial charge in [-0.15, -0.1) is 0 Å². The van der Waals surface area contributed by atoms with Crippen molar-refractivity contribution in [3.05, 3.63) is 35.5 Å². The van der Waals surface area contributed by atoms with Crippen molar-refractivity contribution in [3.8, 4) is 0 Å². The minimum absolute atomic E-state index is 0.256. The predicted octanol–water partition coefficient (Wildman–Crippen LogP) is 3.75. The lowest BCUT2D eigenvalue weighted by atomic mass is 9.93. The van der Waals surface area contributed by atoms with Gasteiger partial charge in [0.2, 0.25) is 5.91 Å². The highest BCUT2D eigenvalue weighted by atomic mass is 16.1. The van der Waals surface area contributed by atoms with Crippen LogP contribution in [0.4, 0.5) is 0 Å². The largest absolute Gasteiger partial charge is 0.357 e. The second-order valence-electron chi connectivity index (χ2n) is 7.90. The number of carbonyl (C=O) groups is 1. The third kappa shape index (κ3) is 4.06. The Hall–Kier alpha value is -1.81. The Morgan fingerprint density at radius 2 is 2.12 bits per heavy atom. The molecule has 1 saturated heterocycles. The summed E-state index contributed by atoms with van der Waals surface area (Å²) in [6.07, 6.45) is 6.58. The molecule has 4 nitrogen and oxygen atoms in total. The summed E-state index contributed by atoms with van der Waals surface area (Å²) in [4.78, 5) is 18.1. The maximum Gasteiger partial charge on any atom is 0.220 e. The van der Waals surface area contributed by atoms with E-state index in [1.165, 1.54) is 54.4 Å². The third-order valence-corrected chi connectivity index (χ3v) is 5.78. The van der Waals surface area contributed by atoms with Crippen LogP contribution in [0.2, 0.25) is 0 Å². The van der Waals surface area contributed by atoms with E-state index in [1.807, 2.05) is 0 Å². The average Bonchev–Trinajstić information content (AvgIpc) is 3.38. The predicted molar refractivity (Wildman–Crippen MR) is 101 cm³/mol. The van der Waals surface area contributed by atoms with E-state index in [0.717, 1.165) is 19.5 Å². The summed E-state index contributed by atoms with van der Waals surface area (Å²) in [6.45, 7) is 5.49. The zero-order valence-corrected chi connectivity index (χ0v) is 15.2. The molecule has 0 radical (unpaired) electrons. The molecule has 2 heterocycles. The highest BCUT2D eigenvalue weighted by molar-refractivity contribution is 5.84. The highest BCUT2D eigenvalue weighted by Crippen LogP contribution is 2.26. The van der Waals surface area contributed by atoms with E-state index in [0.29, 0.717) is 18.4 Å². The number of hydrogen-bond acceptors (Lipinski definition) is 2. The summed E-state index contributed by atoms with van der Waals surface area (Å²) in [5.74, 6) is 0.912. The summed E-state index contributed by atoms with van der Waals surface area (Å²) < 4.78 is 0. The van der Waals surface area contributed by atoms with Crippen LogP contribution in [0, 0.1) is 12.8 Å². The molecule has 25 heavy (non-hydrogen) atoms. The Morgan fingerprint density at radius 3 is 2.92 bits per heavy atom. The van der Waals surface area contributed by atoms with E-state index >= 15 is 0 Å². The van der Waals surface area contributed by atoms with Crippen LogP contribution in [0.1, 0.15) is 49.8 Å². The van der Waals surface area contributed by atoms with E-state index in [-0.39, 0.29) is 5.91 Å². The van der Waals surface area contributed by atoms with Crippen molar-refractivity contribution in [1.82, 2.24) is 15.2 Å². The monoisotopic (exact) mass is 339 g/mol. The minimum Gasteiger partial charge on any atom is -0.357 e. The molecule has 1 amide bonds. The number of nitrogens with zero attached hydrogens (tertiary/aromatic N) is 1. The Morgan fingerprint density at radius 1 is 1.28 bits per heavy atom. The van der Waals surface area contributed by atoms with E-state index in [9.17, 15) is 4.79 Å². The molecule has 2 aliphatic rings. The zero-order chi connectivity index (χ0) is 17.2. The standard InChI is InChI=1S/C21H29N3O/c1-15-18-6-2-3-7-19(18)23-20(15)14-24-12-4-5-16(13-24)8-11-21(25)22-17-9-10-17/h2-3,6-7,16-17,23H,4-5,8-14H2,1H3,(H,22,25). The molecule has 1 unspecified atom stereocenters. The van der Waals surface area contributed by atoms with Gasteiger partial charge in [-0.05, 0) is 63.1 Å². The number of nitrogens with one attached hydrogen (secondary N) is 2. The number of carbonyl (C=O) groups excluding carboxylic acids is 1. The van der Waals surface area contributed by atoms with Crippen LogP contribution >= 0.6 is 0 Å². The summed E-state index contributed by atoms with van der Waals surface area (Å²) in [7, 11) is 0. The number of amides is 1.